The van der Waals surface area contributed by atoms with Gasteiger partial charge in [0.15, 0.2) is 0 Å². The molecule has 1 saturated heterocycles. The first-order valence-electron chi connectivity index (χ1n) is 12.9. The number of likely N-dealkylation sites (tertiary alicyclic amines) is 1. The summed E-state index contributed by atoms with van der Waals surface area (Å²) in [6, 6.07) is 0. The summed E-state index contributed by atoms with van der Waals surface area (Å²) in [4.78, 5) is 37.5. The van der Waals surface area contributed by atoms with Crippen LogP contribution in [0.5, 0.6) is 0 Å². The molecule has 1 aliphatic rings. The summed E-state index contributed by atoms with van der Waals surface area (Å²) in [7, 11) is 0. The van der Waals surface area contributed by atoms with Crippen molar-refractivity contribution >= 4 is 17.7 Å². The summed E-state index contributed by atoms with van der Waals surface area (Å²) in [5.74, 6) is -0.106. The second kappa shape index (κ2) is 19.7. The number of nitrogens with one attached hydrogen (secondary N) is 1. The highest BCUT2D eigenvalue weighted by Gasteiger charge is 2.39. The van der Waals surface area contributed by atoms with Crippen LogP contribution in [-0.2, 0) is 33.3 Å². The van der Waals surface area contributed by atoms with Gasteiger partial charge in [-0.3, -0.25) is 19.3 Å². The summed E-state index contributed by atoms with van der Waals surface area (Å²) in [5.41, 5.74) is 0. The lowest BCUT2D eigenvalue weighted by Crippen LogP contribution is -2.32. The van der Waals surface area contributed by atoms with E-state index in [9.17, 15) is 14.4 Å². The van der Waals surface area contributed by atoms with Crippen molar-refractivity contribution in [1.29, 1.82) is 0 Å². The summed E-state index contributed by atoms with van der Waals surface area (Å²) in [6.45, 7) is 11.5. The number of carbonyl (C=O) groups is 3. The third-order valence-electron chi connectivity index (χ3n) is 5.70. The number of hydrogen-bond donors (Lipinski definition) is 1. The predicted octanol–water partition coefficient (Wildman–Crippen LogP) is 2.56. The summed E-state index contributed by atoms with van der Waals surface area (Å²) in [6.07, 6.45) is 5.25. The Labute approximate surface area is 205 Å². The van der Waals surface area contributed by atoms with Gasteiger partial charge in [0.25, 0.3) is 0 Å². The number of carbonyl (C=O) groups excluding carboxylic acids is 3. The molecule has 9 heteroatoms. The highest BCUT2D eigenvalue weighted by atomic mass is 16.6. The van der Waals surface area contributed by atoms with Gasteiger partial charge in [-0.2, -0.15) is 0 Å². The molecule has 1 heterocycles. The number of ether oxygens (including phenoxy) is 4. The van der Waals surface area contributed by atoms with E-state index in [1.54, 1.807) is 0 Å². The maximum Gasteiger partial charge on any atom is 0.233 e. The molecule has 1 atom stereocenters. The van der Waals surface area contributed by atoms with E-state index < -0.39 is 0 Å². The Hall–Kier alpha value is -1.55. The van der Waals surface area contributed by atoms with Crippen LogP contribution in [0.3, 0.4) is 0 Å². The van der Waals surface area contributed by atoms with Gasteiger partial charge in [0.05, 0.1) is 46.2 Å². The van der Waals surface area contributed by atoms with Gasteiger partial charge in [-0.25, -0.2) is 0 Å². The molecule has 1 unspecified atom stereocenters. The Morgan fingerprint density at radius 2 is 1.47 bits per heavy atom. The van der Waals surface area contributed by atoms with Crippen LogP contribution in [0.15, 0.2) is 0 Å². The fourth-order valence-corrected chi connectivity index (χ4v) is 3.56. The fraction of sp³-hybridized carbons (Fsp3) is 0.880. The zero-order valence-electron chi connectivity index (χ0n) is 21.5. The molecule has 1 aliphatic heterocycles. The second-order valence-electron chi connectivity index (χ2n) is 8.90. The Morgan fingerprint density at radius 1 is 0.882 bits per heavy atom. The lowest BCUT2D eigenvalue weighted by atomic mass is 9.94. The lowest BCUT2D eigenvalue weighted by molar-refractivity contribution is -0.139. The average Bonchev–Trinajstić information content (AvgIpc) is 3.10. The summed E-state index contributed by atoms with van der Waals surface area (Å²) >= 11 is 0. The van der Waals surface area contributed by atoms with Crippen molar-refractivity contribution in [2.75, 3.05) is 65.9 Å². The molecule has 0 aliphatic carbocycles. The normalized spacial score (nSPS) is 16.1. The van der Waals surface area contributed by atoms with Crippen LogP contribution in [-0.4, -0.2) is 88.6 Å². The molecule has 0 aromatic rings. The number of imide groups is 1. The molecule has 1 rings (SSSR count). The summed E-state index contributed by atoms with van der Waals surface area (Å²) in [5, 5.41) is 2.84. The van der Waals surface area contributed by atoms with Crippen LogP contribution in [0.2, 0.25) is 0 Å². The number of rotatable bonds is 22. The molecule has 1 N–H and O–H groups in total. The van der Waals surface area contributed by atoms with Gasteiger partial charge in [0, 0.05) is 38.5 Å². The first kappa shape index (κ1) is 30.5. The van der Waals surface area contributed by atoms with Gasteiger partial charge >= 0.3 is 0 Å². The monoisotopic (exact) mass is 486 g/mol. The van der Waals surface area contributed by atoms with E-state index >= 15 is 0 Å². The Bertz CT molecular complexity index is 571. The van der Waals surface area contributed by atoms with Gasteiger partial charge in [0.2, 0.25) is 17.7 Å². The van der Waals surface area contributed by atoms with Gasteiger partial charge in [-0.05, 0) is 25.2 Å². The smallest absolute Gasteiger partial charge is 0.233 e. The van der Waals surface area contributed by atoms with E-state index in [1.165, 1.54) is 4.90 Å². The van der Waals surface area contributed by atoms with Crippen molar-refractivity contribution in [3.05, 3.63) is 0 Å². The number of unbranched alkanes of at least 4 members (excludes halogenated alkanes) is 3. The van der Waals surface area contributed by atoms with Crippen LogP contribution in [0.1, 0.15) is 65.7 Å². The topological polar surface area (TPSA) is 103 Å². The summed E-state index contributed by atoms with van der Waals surface area (Å²) < 4.78 is 21.7. The van der Waals surface area contributed by atoms with Crippen molar-refractivity contribution in [3.8, 4) is 0 Å². The van der Waals surface area contributed by atoms with Crippen molar-refractivity contribution in [2.24, 2.45) is 11.8 Å². The molecule has 9 nitrogen and oxygen atoms in total. The minimum Gasteiger partial charge on any atom is -0.379 e. The van der Waals surface area contributed by atoms with E-state index in [1.807, 2.05) is 13.8 Å². The van der Waals surface area contributed by atoms with Crippen molar-refractivity contribution in [3.63, 3.8) is 0 Å². The molecule has 0 radical (unpaired) electrons. The van der Waals surface area contributed by atoms with Gasteiger partial charge in [-0.15, -0.1) is 0 Å². The molecule has 0 spiro atoms. The van der Waals surface area contributed by atoms with Crippen LogP contribution in [0.25, 0.3) is 0 Å². The molecule has 0 bridgehead atoms. The fourth-order valence-electron chi connectivity index (χ4n) is 3.56. The molecule has 1 fully saturated rings. The highest BCUT2D eigenvalue weighted by molar-refractivity contribution is 6.03. The molecule has 0 saturated carbocycles. The van der Waals surface area contributed by atoms with Gasteiger partial charge < -0.3 is 24.3 Å². The van der Waals surface area contributed by atoms with E-state index in [2.05, 4.69) is 12.2 Å². The molecule has 198 valence electrons. The van der Waals surface area contributed by atoms with Crippen LogP contribution in [0, 0.1) is 11.8 Å². The molecular formula is C25H46N2O7. The van der Waals surface area contributed by atoms with E-state index in [0.717, 1.165) is 38.7 Å². The van der Waals surface area contributed by atoms with Gasteiger partial charge in [-0.1, -0.05) is 33.6 Å². The second-order valence-corrected chi connectivity index (χ2v) is 8.90. The molecule has 34 heavy (non-hydrogen) atoms. The molecule has 3 amide bonds. The maximum atomic E-state index is 12.3. The lowest BCUT2D eigenvalue weighted by Gasteiger charge is -2.16. The SMILES string of the molecule is CCCCOCCOCCOCCOCCNC(=O)CCCCCN1C(=O)CC(C(C)C)C1=O. The minimum absolute atomic E-state index is 0.0103. The Balaban J connectivity index is 1.85. The van der Waals surface area contributed by atoms with Crippen LogP contribution >= 0.6 is 0 Å². The van der Waals surface area contributed by atoms with Crippen molar-refractivity contribution in [2.45, 2.75) is 65.7 Å². The van der Waals surface area contributed by atoms with E-state index in [-0.39, 0.29) is 29.6 Å². The first-order chi connectivity index (χ1) is 16.5. The largest absolute Gasteiger partial charge is 0.379 e. The Kier molecular flexibility index (Phi) is 17.7. The third-order valence-corrected chi connectivity index (χ3v) is 5.70. The Morgan fingerprint density at radius 3 is 2.03 bits per heavy atom. The highest BCUT2D eigenvalue weighted by Crippen LogP contribution is 2.26. The molecule has 0 aromatic carbocycles. The van der Waals surface area contributed by atoms with E-state index in [0.29, 0.717) is 72.2 Å². The van der Waals surface area contributed by atoms with Crippen molar-refractivity contribution in [1.82, 2.24) is 10.2 Å². The first-order valence-corrected chi connectivity index (χ1v) is 12.9. The predicted molar refractivity (Wildman–Crippen MR) is 129 cm³/mol. The van der Waals surface area contributed by atoms with E-state index in [4.69, 9.17) is 18.9 Å². The van der Waals surface area contributed by atoms with Crippen LogP contribution in [0.4, 0.5) is 0 Å². The number of amides is 3. The quantitative estimate of drug-likeness (QED) is 0.185. The van der Waals surface area contributed by atoms with Crippen molar-refractivity contribution < 1.29 is 33.3 Å². The number of hydrogen-bond acceptors (Lipinski definition) is 7. The third kappa shape index (κ3) is 14.0. The zero-order chi connectivity index (χ0) is 25.0. The van der Waals surface area contributed by atoms with Gasteiger partial charge in [0.1, 0.15) is 0 Å². The standard InChI is InChI=1S/C25H46N2O7/c1-4-5-12-31-14-16-33-18-19-34-17-15-32-13-10-26-23(28)9-7-6-8-11-27-24(29)20-22(21(2)3)25(27)30/h21-22H,4-20H2,1-3H3,(H,26,28). The minimum atomic E-state index is -0.175. The molecule has 0 aromatic heterocycles. The number of nitrogens with zero attached hydrogens (tertiary/aromatic N) is 1. The van der Waals surface area contributed by atoms with Crippen LogP contribution < -0.4 is 5.32 Å². The average molecular weight is 487 g/mol. The maximum absolute atomic E-state index is 12.3. The zero-order valence-corrected chi connectivity index (χ0v) is 21.5. The molecular weight excluding hydrogens is 440 g/mol.